The standard InChI is InChI=1S/C18H30N4O.HI/c1-13-9-7-8-10-15(13)14(2)22-17(19-6)21-12-11-20-16(23)18(3,4)5;/h7-10,14H,11-12H2,1-6H3,(H,20,23)(H2,19,21,22);1H. The summed E-state index contributed by atoms with van der Waals surface area (Å²) in [6.45, 7) is 11.1. The first-order valence-corrected chi connectivity index (χ1v) is 8.06. The molecule has 1 rings (SSSR count). The van der Waals surface area contributed by atoms with E-state index in [4.69, 9.17) is 0 Å². The van der Waals surface area contributed by atoms with Crippen molar-refractivity contribution in [1.29, 1.82) is 0 Å². The van der Waals surface area contributed by atoms with Crippen LogP contribution < -0.4 is 16.0 Å². The predicted molar refractivity (Wildman–Crippen MR) is 112 cm³/mol. The molecule has 1 unspecified atom stereocenters. The van der Waals surface area contributed by atoms with Crippen LogP contribution in [0.1, 0.15) is 44.9 Å². The summed E-state index contributed by atoms with van der Waals surface area (Å²) in [4.78, 5) is 16.0. The predicted octanol–water partition coefficient (Wildman–Crippen LogP) is 3.00. The monoisotopic (exact) mass is 446 g/mol. The van der Waals surface area contributed by atoms with Crippen molar-refractivity contribution in [2.24, 2.45) is 10.4 Å². The first-order valence-electron chi connectivity index (χ1n) is 8.06. The van der Waals surface area contributed by atoms with Crippen LogP contribution in [0.15, 0.2) is 29.3 Å². The van der Waals surface area contributed by atoms with Crippen molar-refractivity contribution in [2.75, 3.05) is 20.1 Å². The summed E-state index contributed by atoms with van der Waals surface area (Å²) in [7, 11) is 1.74. The first kappa shape index (κ1) is 22.7. The zero-order chi connectivity index (χ0) is 17.5. The number of nitrogens with one attached hydrogen (secondary N) is 3. The molecule has 24 heavy (non-hydrogen) atoms. The molecule has 1 atom stereocenters. The van der Waals surface area contributed by atoms with Gasteiger partial charge in [0.15, 0.2) is 5.96 Å². The van der Waals surface area contributed by atoms with Crippen LogP contribution in [0.5, 0.6) is 0 Å². The lowest BCUT2D eigenvalue weighted by Gasteiger charge is -2.21. The molecule has 6 heteroatoms. The Balaban J connectivity index is 0.00000529. The minimum Gasteiger partial charge on any atom is -0.355 e. The van der Waals surface area contributed by atoms with E-state index in [0.29, 0.717) is 13.1 Å². The van der Waals surface area contributed by atoms with Crippen molar-refractivity contribution in [3.05, 3.63) is 35.4 Å². The number of rotatable bonds is 5. The maximum absolute atomic E-state index is 11.8. The lowest BCUT2D eigenvalue weighted by molar-refractivity contribution is -0.128. The number of aliphatic imine (C=N–C) groups is 1. The van der Waals surface area contributed by atoms with E-state index < -0.39 is 0 Å². The zero-order valence-corrected chi connectivity index (χ0v) is 17.9. The van der Waals surface area contributed by atoms with Crippen molar-refractivity contribution < 1.29 is 4.79 Å². The fraction of sp³-hybridized carbons (Fsp3) is 0.556. The molecular formula is C18H31IN4O. The topological polar surface area (TPSA) is 65.5 Å². The summed E-state index contributed by atoms with van der Waals surface area (Å²) in [5.74, 6) is 0.779. The van der Waals surface area contributed by atoms with Gasteiger partial charge < -0.3 is 16.0 Å². The molecule has 0 saturated heterocycles. The number of benzene rings is 1. The number of carbonyl (C=O) groups excluding carboxylic acids is 1. The van der Waals surface area contributed by atoms with Gasteiger partial charge in [0.25, 0.3) is 0 Å². The van der Waals surface area contributed by atoms with Crippen LogP contribution in [0, 0.1) is 12.3 Å². The van der Waals surface area contributed by atoms with Crippen molar-refractivity contribution in [3.63, 3.8) is 0 Å². The van der Waals surface area contributed by atoms with Crippen LogP contribution in [-0.4, -0.2) is 32.0 Å². The number of aryl methyl sites for hydroxylation is 1. The molecule has 0 aliphatic carbocycles. The molecule has 0 aliphatic rings. The first-order chi connectivity index (χ1) is 10.8. The van der Waals surface area contributed by atoms with Crippen molar-refractivity contribution >= 4 is 35.8 Å². The second-order valence-electron chi connectivity index (χ2n) is 6.73. The number of nitrogens with zero attached hydrogens (tertiary/aromatic N) is 1. The zero-order valence-electron chi connectivity index (χ0n) is 15.6. The second-order valence-corrected chi connectivity index (χ2v) is 6.73. The van der Waals surface area contributed by atoms with E-state index in [1.165, 1.54) is 11.1 Å². The van der Waals surface area contributed by atoms with E-state index >= 15 is 0 Å². The van der Waals surface area contributed by atoms with Crippen LogP contribution in [-0.2, 0) is 4.79 Å². The highest BCUT2D eigenvalue weighted by molar-refractivity contribution is 14.0. The molecule has 1 aromatic carbocycles. The molecule has 0 bridgehead atoms. The third-order valence-corrected chi connectivity index (χ3v) is 3.62. The Labute approximate surface area is 163 Å². The number of carbonyl (C=O) groups is 1. The number of guanidine groups is 1. The van der Waals surface area contributed by atoms with Gasteiger partial charge in [0, 0.05) is 25.6 Å². The van der Waals surface area contributed by atoms with E-state index in [2.05, 4.69) is 46.9 Å². The lowest BCUT2D eigenvalue weighted by atomic mass is 9.96. The molecular weight excluding hydrogens is 415 g/mol. The summed E-state index contributed by atoms with van der Waals surface area (Å²) in [6, 6.07) is 8.46. The molecule has 3 N–H and O–H groups in total. The van der Waals surface area contributed by atoms with E-state index in [1.807, 2.05) is 32.9 Å². The number of hydrogen-bond donors (Lipinski definition) is 3. The summed E-state index contributed by atoms with van der Waals surface area (Å²) < 4.78 is 0. The largest absolute Gasteiger partial charge is 0.355 e. The average Bonchev–Trinajstić information content (AvgIpc) is 2.49. The van der Waals surface area contributed by atoms with Crippen LogP contribution in [0.3, 0.4) is 0 Å². The molecule has 0 spiro atoms. The number of hydrogen-bond acceptors (Lipinski definition) is 2. The molecule has 0 aliphatic heterocycles. The van der Waals surface area contributed by atoms with Gasteiger partial charge in [-0.1, -0.05) is 45.0 Å². The minimum absolute atomic E-state index is 0. The Morgan fingerprint density at radius 1 is 1.17 bits per heavy atom. The molecule has 1 amide bonds. The lowest BCUT2D eigenvalue weighted by Crippen LogP contribution is -2.44. The molecule has 0 heterocycles. The normalized spacial score (nSPS) is 12.8. The van der Waals surface area contributed by atoms with Gasteiger partial charge >= 0.3 is 0 Å². The third-order valence-electron chi connectivity index (χ3n) is 3.62. The van der Waals surface area contributed by atoms with Gasteiger partial charge in [0.1, 0.15) is 0 Å². The van der Waals surface area contributed by atoms with E-state index in [0.717, 1.165) is 5.96 Å². The van der Waals surface area contributed by atoms with Crippen molar-refractivity contribution in [2.45, 2.75) is 40.7 Å². The molecule has 0 radical (unpaired) electrons. The fourth-order valence-corrected chi connectivity index (χ4v) is 2.17. The molecule has 0 fully saturated rings. The molecule has 5 nitrogen and oxygen atoms in total. The SMILES string of the molecule is CN=C(NCCNC(=O)C(C)(C)C)NC(C)c1ccccc1C.I. The Bertz CT molecular complexity index is 552. The second kappa shape index (κ2) is 10.5. The van der Waals surface area contributed by atoms with Gasteiger partial charge in [-0.05, 0) is 25.0 Å². The Kier molecular flexibility index (Phi) is 9.96. The van der Waals surface area contributed by atoms with Gasteiger partial charge in [0.05, 0.1) is 6.04 Å². The molecule has 0 aromatic heterocycles. The molecule has 0 saturated carbocycles. The van der Waals surface area contributed by atoms with Crippen LogP contribution in [0.4, 0.5) is 0 Å². The van der Waals surface area contributed by atoms with Crippen molar-refractivity contribution in [1.82, 2.24) is 16.0 Å². The summed E-state index contributed by atoms with van der Waals surface area (Å²) in [5.41, 5.74) is 2.14. The maximum atomic E-state index is 11.8. The van der Waals surface area contributed by atoms with E-state index in [-0.39, 0.29) is 41.3 Å². The Hall–Kier alpha value is -1.31. The summed E-state index contributed by atoms with van der Waals surface area (Å²) in [6.07, 6.45) is 0. The summed E-state index contributed by atoms with van der Waals surface area (Å²) in [5, 5.41) is 9.50. The highest BCUT2D eigenvalue weighted by Crippen LogP contribution is 2.16. The molecule has 136 valence electrons. The van der Waals surface area contributed by atoms with E-state index in [1.54, 1.807) is 7.05 Å². The van der Waals surface area contributed by atoms with Gasteiger partial charge in [0.2, 0.25) is 5.91 Å². The van der Waals surface area contributed by atoms with E-state index in [9.17, 15) is 4.79 Å². The third kappa shape index (κ3) is 7.51. The van der Waals surface area contributed by atoms with Gasteiger partial charge in [-0.2, -0.15) is 0 Å². The van der Waals surface area contributed by atoms with Gasteiger partial charge in [-0.25, -0.2) is 0 Å². The minimum atomic E-state index is -0.362. The summed E-state index contributed by atoms with van der Waals surface area (Å²) >= 11 is 0. The smallest absolute Gasteiger partial charge is 0.225 e. The van der Waals surface area contributed by atoms with Crippen LogP contribution in [0.25, 0.3) is 0 Å². The number of amides is 1. The van der Waals surface area contributed by atoms with Crippen LogP contribution >= 0.6 is 24.0 Å². The maximum Gasteiger partial charge on any atom is 0.225 e. The number of halogens is 1. The van der Waals surface area contributed by atoms with Crippen LogP contribution in [0.2, 0.25) is 0 Å². The highest BCUT2D eigenvalue weighted by atomic mass is 127. The van der Waals surface area contributed by atoms with Gasteiger partial charge in [-0.15, -0.1) is 24.0 Å². The Morgan fingerprint density at radius 2 is 1.75 bits per heavy atom. The van der Waals surface area contributed by atoms with Gasteiger partial charge in [-0.3, -0.25) is 9.79 Å². The molecule has 1 aromatic rings. The Morgan fingerprint density at radius 3 is 2.29 bits per heavy atom. The fourth-order valence-electron chi connectivity index (χ4n) is 2.17. The highest BCUT2D eigenvalue weighted by Gasteiger charge is 2.20. The quantitative estimate of drug-likeness (QED) is 0.282. The van der Waals surface area contributed by atoms with Crippen molar-refractivity contribution in [3.8, 4) is 0 Å². The average molecular weight is 446 g/mol.